The van der Waals surface area contributed by atoms with Gasteiger partial charge in [-0.15, -0.1) is 0 Å². The van der Waals surface area contributed by atoms with Gasteiger partial charge in [0.05, 0.1) is 6.42 Å². The molecule has 3 aromatic rings. The van der Waals surface area contributed by atoms with Gasteiger partial charge in [-0.05, 0) is 62.1 Å². The van der Waals surface area contributed by atoms with Crippen molar-refractivity contribution in [2.75, 3.05) is 18.8 Å². The van der Waals surface area contributed by atoms with Crippen LogP contribution in [0.5, 0.6) is 5.75 Å². The highest BCUT2D eigenvalue weighted by atomic mass is 16.6. The summed E-state index contributed by atoms with van der Waals surface area (Å²) in [5, 5.41) is 0.768. The molecule has 41 heavy (non-hydrogen) atoms. The first kappa shape index (κ1) is 26.8. The number of nitrogens with two attached hydrogens (primary N) is 1. The molecule has 1 aromatic carbocycles. The predicted octanol–water partition coefficient (Wildman–Crippen LogP) is 4.23. The third-order valence-corrected chi connectivity index (χ3v) is 8.78. The van der Waals surface area contributed by atoms with Gasteiger partial charge in [0.1, 0.15) is 17.2 Å². The molecule has 0 saturated carbocycles. The maximum Gasteiger partial charge on any atom is 0.336 e. The van der Waals surface area contributed by atoms with Crippen LogP contribution in [-0.2, 0) is 27.2 Å². The molecule has 3 aliphatic rings. The number of anilines is 1. The molecular formula is C32H33N3O6. The van der Waals surface area contributed by atoms with Crippen LogP contribution in [0.3, 0.4) is 0 Å². The standard InChI is InChI=1S/C32H33N3O6/c1-4-19(2)30(38)41-31(3)10-5-7-24(23-15-27(33)34-18-22(23)14-28(36)35-11-6-12-35)32(31)17-21-13-20-8-9-29(37)39-25(20)16-26(21)40-32/h4-5,7-9,13,15-16,18,24H,6,10-12,14,17H2,1-3H3,(H2,33,34). The van der Waals surface area contributed by atoms with Crippen LogP contribution in [-0.4, -0.2) is 46.1 Å². The van der Waals surface area contributed by atoms with Crippen LogP contribution in [0.2, 0.25) is 0 Å². The number of ether oxygens (including phenoxy) is 2. The van der Waals surface area contributed by atoms with Crippen molar-refractivity contribution < 1.29 is 23.5 Å². The number of hydrogen-bond acceptors (Lipinski definition) is 8. The summed E-state index contributed by atoms with van der Waals surface area (Å²) in [4.78, 5) is 44.4. The Hall–Kier alpha value is -4.40. The molecule has 0 bridgehead atoms. The molecule has 1 fully saturated rings. The number of carbonyl (C=O) groups is 2. The fourth-order valence-corrected chi connectivity index (χ4v) is 6.13. The van der Waals surface area contributed by atoms with Gasteiger partial charge < -0.3 is 24.5 Å². The molecular weight excluding hydrogens is 522 g/mol. The molecule has 2 aliphatic heterocycles. The van der Waals surface area contributed by atoms with E-state index in [0.29, 0.717) is 35.6 Å². The first-order valence-electron chi connectivity index (χ1n) is 13.9. The van der Waals surface area contributed by atoms with Crippen molar-refractivity contribution in [2.45, 2.75) is 63.6 Å². The van der Waals surface area contributed by atoms with E-state index in [1.54, 1.807) is 44.3 Å². The van der Waals surface area contributed by atoms with E-state index in [9.17, 15) is 14.4 Å². The number of hydrogen-bond donors (Lipinski definition) is 1. The molecule has 4 heterocycles. The molecule has 1 aliphatic carbocycles. The molecule has 2 aromatic heterocycles. The second kappa shape index (κ2) is 9.90. The number of rotatable bonds is 5. The lowest BCUT2D eigenvalue weighted by Gasteiger charge is -2.50. The molecule has 9 heteroatoms. The van der Waals surface area contributed by atoms with E-state index in [1.807, 2.05) is 24.0 Å². The quantitative estimate of drug-likeness (QED) is 0.215. The lowest BCUT2D eigenvalue weighted by atomic mass is 9.64. The summed E-state index contributed by atoms with van der Waals surface area (Å²) in [7, 11) is 0. The summed E-state index contributed by atoms with van der Waals surface area (Å²) >= 11 is 0. The molecule has 3 unspecified atom stereocenters. The molecule has 6 rings (SSSR count). The Kier molecular flexibility index (Phi) is 6.47. The van der Waals surface area contributed by atoms with Crippen molar-refractivity contribution in [3.63, 3.8) is 0 Å². The Labute approximate surface area is 237 Å². The Bertz CT molecular complexity index is 1690. The van der Waals surface area contributed by atoms with E-state index >= 15 is 0 Å². The summed E-state index contributed by atoms with van der Waals surface area (Å²) in [5.74, 6) is 0.0411. The van der Waals surface area contributed by atoms with Crippen molar-refractivity contribution in [3.05, 3.63) is 87.4 Å². The summed E-state index contributed by atoms with van der Waals surface area (Å²) in [6, 6.07) is 8.58. The van der Waals surface area contributed by atoms with Gasteiger partial charge in [-0.2, -0.15) is 0 Å². The van der Waals surface area contributed by atoms with E-state index in [0.717, 1.165) is 41.6 Å². The number of carbonyl (C=O) groups excluding carboxylic acids is 2. The Morgan fingerprint density at radius 1 is 1.24 bits per heavy atom. The Balaban J connectivity index is 1.50. The summed E-state index contributed by atoms with van der Waals surface area (Å²) < 4.78 is 18.6. The van der Waals surface area contributed by atoms with Gasteiger partial charge in [0.25, 0.3) is 0 Å². The van der Waals surface area contributed by atoms with E-state index < -0.39 is 28.7 Å². The molecule has 9 nitrogen and oxygen atoms in total. The molecule has 212 valence electrons. The molecule has 0 radical (unpaired) electrons. The summed E-state index contributed by atoms with van der Waals surface area (Å²) in [5.41, 5.74) is 6.93. The number of allylic oxidation sites excluding steroid dienone is 1. The van der Waals surface area contributed by atoms with Gasteiger partial charge in [0, 0.05) is 61.1 Å². The lowest BCUT2D eigenvalue weighted by Crippen LogP contribution is -2.62. The SMILES string of the molecule is CC=C(C)C(=O)OC1(C)CC=CC(c2cc(N)ncc2CC(=O)N2CCC2)C12Cc1cc3ccc(=O)oc3cc1O2. The van der Waals surface area contributed by atoms with Crippen molar-refractivity contribution >= 4 is 28.7 Å². The zero-order chi connectivity index (χ0) is 28.9. The van der Waals surface area contributed by atoms with Crippen LogP contribution in [0.4, 0.5) is 5.82 Å². The maximum absolute atomic E-state index is 13.2. The minimum atomic E-state index is -1.10. The molecule has 1 amide bonds. The molecule has 1 spiro atoms. The van der Waals surface area contributed by atoms with Gasteiger partial charge in [-0.1, -0.05) is 18.2 Å². The number of fused-ring (bicyclic) bond motifs is 2. The van der Waals surface area contributed by atoms with E-state index in [1.165, 1.54) is 6.07 Å². The minimum Gasteiger partial charge on any atom is -0.481 e. The first-order chi connectivity index (χ1) is 19.6. The van der Waals surface area contributed by atoms with Gasteiger partial charge in [-0.25, -0.2) is 14.6 Å². The summed E-state index contributed by atoms with van der Waals surface area (Å²) in [6.45, 7) is 6.91. The van der Waals surface area contributed by atoms with Crippen LogP contribution in [0.15, 0.2) is 69.5 Å². The average Bonchev–Trinajstić information content (AvgIpc) is 3.28. The largest absolute Gasteiger partial charge is 0.481 e. The van der Waals surface area contributed by atoms with E-state index in [2.05, 4.69) is 11.1 Å². The number of esters is 1. The van der Waals surface area contributed by atoms with E-state index in [4.69, 9.17) is 19.6 Å². The van der Waals surface area contributed by atoms with Gasteiger partial charge in [0.2, 0.25) is 5.91 Å². The van der Waals surface area contributed by atoms with Crippen molar-refractivity contribution in [2.24, 2.45) is 0 Å². The average molecular weight is 556 g/mol. The number of likely N-dealkylation sites (tertiary alicyclic amines) is 1. The number of pyridine rings is 1. The fourth-order valence-electron chi connectivity index (χ4n) is 6.13. The normalized spacial score (nSPS) is 25.1. The van der Waals surface area contributed by atoms with Gasteiger partial charge in [0.15, 0.2) is 11.2 Å². The number of amides is 1. The smallest absolute Gasteiger partial charge is 0.336 e. The highest BCUT2D eigenvalue weighted by molar-refractivity contribution is 5.88. The van der Waals surface area contributed by atoms with Crippen LogP contribution < -0.4 is 16.1 Å². The molecule has 3 atom stereocenters. The maximum atomic E-state index is 13.2. The molecule has 2 N–H and O–H groups in total. The number of aromatic nitrogens is 1. The third-order valence-electron chi connectivity index (χ3n) is 8.78. The van der Waals surface area contributed by atoms with Crippen LogP contribution in [0.25, 0.3) is 11.0 Å². The van der Waals surface area contributed by atoms with Crippen molar-refractivity contribution in [1.82, 2.24) is 9.88 Å². The molecule has 1 saturated heterocycles. The number of benzene rings is 1. The van der Waals surface area contributed by atoms with E-state index in [-0.39, 0.29) is 12.3 Å². The van der Waals surface area contributed by atoms with Gasteiger partial charge in [-0.3, -0.25) is 4.79 Å². The third kappa shape index (κ3) is 4.49. The number of nitrogen functional groups attached to an aromatic ring is 1. The van der Waals surface area contributed by atoms with Crippen molar-refractivity contribution in [1.29, 1.82) is 0 Å². The second-order valence-electron chi connectivity index (χ2n) is 11.3. The topological polar surface area (TPSA) is 125 Å². The van der Waals surface area contributed by atoms with Crippen LogP contribution in [0, 0.1) is 0 Å². The fraction of sp³-hybridized carbons (Fsp3) is 0.375. The Morgan fingerprint density at radius 3 is 2.78 bits per heavy atom. The second-order valence-corrected chi connectivity index (χ2v) is 11.3. The highest BCUT2D eigenvalue weighted by Crippen LogP contribution is 2.55. The van der Waals surface area contributed by atoms with Crippen molar-refractivity contribution in [3.8, 4) is 5.75 Å². The van der Waals surface area contributed by atoms with Gasteiger partial charge >= 0.3 is 11.6 Å². The monoisotopic (exact) mass is 555 g/mol. The minimum absolute atomic E-state index is 0.0349. The lowest BCUT2D eigenvalue weighted by molar-refractivity contribution is -0.182. The summed E-state index contributed by atoms with van der Waals surface area (Å²) in [6.07, 6.45) is 9.43. The first-order valence-corrected chi connectivity index (χ1v) is 13.9. The number of nitrogens with zero attached hydrogens (tertiary/aromatic N) is 2. The highest BCUT2D eigenvalue weighted by Gasteiger charge is 2.62. The van der Waals surface area contributed by atoms with Crippen LogP contribution >= 0.6 is 0 Å². The zero-order valence-electron chi connectivity index (χ0n) is 23.4. The predicted molar refractivity (Wildman–Crippen MR) is 154 cm³/mol. The Morgan fingerprint density at radius 2 is 2.05 bits per heavy atom. The van der Waals surface area contributed by atoms with Crippen LogP contribution in [0.1, 0.15) is 56.2 Å². The zero-order valence-corrected chi connectivity index (χ0v) is 23.4.